The van der Waals surface area contributed by atoms with Crippen molar-refractivity contribution >= 4 is 11.9 Å². The van der Waals surface area contributed by atoms with Crippen LogP contribution in [0.4, 0.5) is 0 Å². The molecule has 0 rings (SSSR count). The molecule has 0 N–H and O–H groups in total. The summed E-state index contributed by atoms with van der Waals surface area (Å²) in [7, 11) is 0. The number of hydrogen-bond donors (Lipinski definition) is 0. The first-order valence-electron chi connectivity index (χ1n) is 15.5. The molecule has 0 radical (unpaired) electrons. The zero-order chi connectivity index (χ0) is 25.8. The zero-order valence-electron chi connectivity index (χ0n) is 23.9. The Hall–Kier alpha value is -1.06. The molecule has 4 heteroatoms. The molecule has 0 aromatic heterocycles. The number of hydrogen-bond acceptors (Lipinski definition) is 4. The second kappa shape index (κ2) is 27.5. The van der Waals surface area contributed by atoms with Crippen LogP contribution in [0.25, 0.3) is 0 Å². The molecule has 0 heterocycles. The summed E-state index contributed by atoms with van der Waals surface area (Å²) >= 11 is 0. The summed E-state index contributed by atoms with van der Waals surface area (Å²) < 4.78 is 11.0. The summed E-state index contributed by atoms with van der Waals surface area (Å²) in [6, 6.07) is 0. The second-order valence-electron chi connectivity index (χ2n) is 10.4. The maximum absolute atomic E-state index is 12.3. The average molecular weight is 497 g/mol. The SMILES string of the molecule is CCCCCCCCCCCCC(=O)OC(CCCC)OC(=O)CCCCCCCCCCCC. The van der Waals surface area contributed by atoms with Crippen molar-refractivity contribution in [2.45, 2.75) is 188 Å². The van der Waals surface area contributed by atoms with E-state index in [2.05, 4.69) is 20.8 Å². The predicted molar refractivity (Wildman–Crippen MR) is 148 cm³/mol. The minimum Gasteiger partial charge on any atom is -0.425 e. The molecule has 0 aromatic carbocycles. The molecule has 0 fully saturated rings. The molecule has 0 aliphatic heterocycles. The van der Waals surface area contributed by atoms with E-state index < -0.39 is 6.29 Å². The lowest BCUT2D eigenvalue weighted by Crippen LogP contribution is -2.24. The molecule has 0 spiro atoms. The van der Waals surface area contributed by atoms with Gasteiger partial charge in [-0.05, 0) is 19.3 Å². The molecule has 0 unspecified atom stereocenters. The van der Waals surface area contributed by atoms with E-state index in [9.17, 15) is 9.59 Å². The fourth-order valence-electron chi connectivity index (χ4n) is 4.44. The van der Waals surface area contributed by atoms with E-state index in [1.54, 1.807) is 0 Å². The van der Waals surface area contributed by atoms with Gasteiger partial charge in [-0.2, -0.15) is 0 Å². The third kappa shape index (κ3) is 25.8. The van der Waals surface area contributed by atoms with E-state index in [1.165, 1.54) is 103 Å². The maximum atomic E-state index is 12.3. The van der Waals surface area contributed by atoms with Crippen LogP contribution in [-0.2, 0) is 19.1 Å². The lowest BCUT2D eigenvalue weighted by Gasteiger charge is -2.18. The standard InChI is InChI=1S/C31H60O4/c1-4-7-10-12-14-16-18-20-22-24-26-29(32)34-31(28-9-6-3)35-30(33)27-25-23-21-19-17-15-13-11-8-5-2/h31H,4-28H2,1-3H3. The summed E-state index contributed by atoms with van der Waals surface area (Å²) in [5.41, 5.74) is 0. The van der Waals surface area contributed by atoms with Crippen LogP contribution in [-0.4, -0.2) is 18.2 Å². The van der Waals surface area contributed by atoms with Crippen LogP contribution in [0.5, 0.6) is 0 Å². The van der Waals surface area contributed by atoms with Crippen LogP contribution >= 0.6 is 0 Å². The lowest BCUT2D eigenvalue weighted by molar-refractivity contribution is -0.189. The number of esters is 2. The Balaban J connectivity index is 3.84. The molecule has 0 bridgehead atoms. The fraction of sp³-hybridized carbons (Fsp3) is 0.935. The topological polar surface area (TPSA) is 52.6 Å². The van der Waals surface area contributed by atoms with Gasteiger partial charge in [-0.15, -0.1) is 0 Å². The van der Waals surface area contributed by atoms with Gasteiger partial charge in [0.25, 0.3) is 0 Å². The molecule has 0 aliphatic rings. The molecule has 208 valence electrons. The Labute approximate surface area is 218 Å². The number of rotatable bonds is 27. The fourth-order valence-corrected chi connectivity index (χ4v) is 4.44. The molecule has 0 atom stereocenters. The highest BCUT2D eigenvalue weighted by Gasteiger charge is 2.18. The van der Waals surface area contributed by atoms with Crippen LogP contribution in [0.1, 0.15) is 181 Å². The average Bonchev–Trinajstić information content (AvgIpc) is 2.84. The first-order valence-corrected chi connectivity index (χ1v) is 15.5. The van der Waals surface area contributed by atoms with E-state index in [0.29, 0.717) is 19.3 Å². The molecular weight excluding hydrogens is 436 g/mol. The van der Waals surface area contributed by atoms with Crippen molar-refractivity contribution in [3.8, 4) is 0 Å². The van der Waals surface area contributed by atoms with E-state index in [1.807, 2.05) is 0 Å². The molecule has 0 saturated carbocycles. The Morgan fingerprint density at radius 3 is 1.03 bits per heavy atom. The van der Waals surface area contributed by atoms with Gasteiger partial charge in [0, 0.05) is 19.3 Å². The largest absolute Gasteiger partial charge is 0.425 e. The third-order valence-corrected chi connectivity index (χ3v) is 6.79. The number of ether oxygens (including phenoxy) is 2. The van der Waals surface area contributed by atoms with Gasteiger partial charge in [0.2, 0.25) is 6.29 Å². The Bertz CT molecular complexity index is 425. The molecule has 0 aromatic rings. The molecular formula is C31H60O4. The van der Waals surface area contributed by atoms with Crippen LogP contribution in [0.2, 0.25) is 0 Å². The van der Waals surface area contributed by atoms with Crippen molar-refractivity contribution in [1.82, 2.24) is 0 Å². The number of unbranched alkanes of at least 4 members (excludes halogenated alkanes) is 19. The maximum Gasteiger partial charge on any atom is 0.308 e. The quantitative estimate of drug-likeness (QED) is 0.0644. The van der Waals surface area contributed by atoms with Crippen LogP contribution in [0, 0.1) is 0 Å². The highest BCUT2D eigenvalue weighted by Crippen LogP contribution is 2.15. The van der Waals surface area contributed by atoms with E-state index in [-0.39, 0.29) is 11.9 Å². The van der Waals surface area contributed by atoms with E-state index in [4.69, 9.17) is 9.47 Å². The smallest absolute Gasteiger partial charge is 0.308 e. The number of carbonyl (C=O) groups excluding carboxylic acids is 2. The van der Waals surface area contributed by atoms with Gasteiger partial charge in [0.05, 0.1) is 0 Å². The highest BCUT2D eigenvalue weighted by atomic mass is 16.7. The summed E-state index contributed by atoms with van der Waals surface area (Å²) in [6.07, 6.45) is 27.4. The summed E-state index contributed by atoms with van der Waals surface area (Å²) in [6.45, 7) is 6.59. The first kappa shape index (κ1) is 33.9. The van der Waals surface area contributed by atoms with Gasteiger partial charge >= 0.3 is 11.9 Å². The van der Waals surface area contributed by atoms with Crippen molar-refractivity contribution in [3.63, 3.8) is 0 Å². The Morgan fingerprint density at radius 1 is 0.429 bits per heavy atom. The minimum absolute atomic E-state index is 0.225. The van der Waals surface area contributed by atoms with E-state index in [0.717, 1.165) is 38.5 Å². The zero-order valence-corrected chi connectivity index (χ0v) is 23.9. The van der Waals surface area contributed by atoms with Crippen molar-refractivity contribution in [2.75, 3.05) is 0 Å². The molecule has 4 nitrogen and oxygen atoms in total. The van der Waals surface area contributed by atoms with Crippen molar-refractivity contribution in [3.05, 3.63) is 0 Å². The molecule has 0 saturated heterocycles. The Morgan fingerprint density at radius 2 is 0.714 bits per heavy atom. The monoisotopic (exact) mass is 496 g/mol. The van der Waals surface area contributed by atoms with Crippen LogP contribution in [0.3, 0.4) is 0 Å². The summed E-state index contributed by atoms with van der Waals surface area (Å²) in [5, 5.41) is 0. The highest BCUT2D eigenvalue weighted by molar-refractivity contribution is 5.71. The second-order valence-corrected chi connectivity index (χ2v) is 10.4. The van der Waals surface area contributed by atoms with Gasteiger partial charge in [-0.1, -0.05) is 143 Å². The molecule has 0 amide bonds. The van der Waals surface area contributed by atoms with Gasteiger partial charge in [0.15, 0.2) is 0 Å². The van der Waals surface area contributed by atoms with Crippen molar-refractivity contribution in [2.24, 2.45) is 0 Å². The van der Waals surface area contributed by atoms with Crippen LogP contribution < -0.4 is 0 Å². The normalized spacial score (nSPS) is 11.2. The number of carbonyl (C=O) groups is 2. The Kier molecular flexibility index (Phi) is 26.7. The first-order chi connectivity index (χ1) is 17.1. The molecule has 0 aliphatic carbocycles. The lowest BCUT2D eigenvalue weighted by atomic mass is 10.1. The van der Waals surface area contributed by atoms with Crippen LogP contribution in [0.15, 0.2) is 0 Å². The molecule has 35 heavy (non-hydrogen) atoms. The van der Waals surface area contributed by atoms with Gasteiger partial charge in [-0.3, -0.25) is 9.59 Å². The summed E-state index contributed by atoms with van der Waals surface area (Å²) in [4.78, 5) is 24.5. The third-order valence-electron chi connectivity index (χ3n) is 6.79. The van der Waals surface area contributed by atoms with Gasteiger partial charge in [-0.25, -0.2) is 0 Å². The summed E-state index contributed by atoms with van der Waals surface area (Å²) in [5.74, 6) is -0.449. The predicted octanol–water partition coefficient (Wildman–Crippen LogP) is 10.2. The van der Waals surface area contributed by atoms with Crippen molar-refractivity contribution in [1.29, 1.82) is 0 Å². The minimum atomic E-state index is -0.707. The van der Waals surface area contributed by atoms with E-state index >= 15 is 0 Å². The van der Waals surface area contributed by atoms with Gasteiger partial charge < -0.3 is 9.47 Å². The van der Waals surface area contributed by atoms with Gasteiger partial charge in [0.1, 0.15) is 0 Å². The van der Waals surface area contributed by atoms with Crippen molar-refractivity contribution < 1.29 is 19.1 Å².